The maximum Gasteiger partial charge on any atom is 0.224 e. The van der Waals surface area contributed by atoms with Crippen LogP contribution in [0.2, 0.25) is 0 Å². The Morgan fingerprint density at radius 2 is 1.75 bits per heavy atom. The number of methoxy groups -OCH3 is 2. The number of nitrogens with one attached hydrogen (secondary N) is 1. The predicted octanol–water partition coefficient (Wildman–Crippen LogP) is 4.26. The Hall–Kier alpha value is -2.21. The Morgan fingerprint density at radius 3 is 2.42 bits per heavy atom. The summed E-state index contributed by atoms with van der Waals surface area (Å²) in [5.74, 6) is 1.94. The van der Waals surface area contributed by atoms with E-state index in [4.69, 9.17) is 14.2 Å². The standard InChI is InChI=1S/C18H20BrNO4/c1-22-15-9-10-17(23-2)16(12-15)20-18(21)4-3-11-24-14-7-5-13(19)6-8-14/h5-10,12H,3-4,11H2,1-2H3,(H,20,21). The van der Waals surface area contributed by atoms with Crippen LogP contribution in [-0.4, -0.2) is 26.7 Å². The van der Waals surface area contributed by atoms with E-state index in [0.717, 1.165) is 10.2 Å². The molecule has 0 aliphatic carbocycles. The molecule has 5 nitrogen and oxygen atoms in total. The van der Waals surface area contributed by atoms with Crippen molar-refractivity contribution in [2.75, 3.05) is 26.1 Å². The molecule has 0 aliphatic rings. The molecule has 0 radical (unpaired) electrons. The van der Waals surface area contributed by atoms with E-state index in [-0.39, 0.29) is 5.91 Å². The fourth-order valence-corrected chi connectivity index (χ4v) is 2.34. The van der Waals surface area contributed by atoms with Crippen LogP contribution in [0, 0.1) is 0 Å². The third kappa shape index (κ3) is 5.45. The number of carbonyl (C=O) groups is 1. The molecule has 0 saturated heterocycles. The molecule has 0 saturated carbocycles. The van der Waals surface area contributed by atoms with Crippen LogP contribution in [0.15, 0.2) is 46.9 Å². The van der Waals surface area contributed by atoms with Gasteiger partial charge in [-0.3, -0.25) is 4.79 Å². The fourth-order valence-electron chi connectivity index (χ4n) is 2.08. The van der Waals surface area contributed by atoms with Gasteiger partial charge in [-0.25, -0.2) is 0 Å². The molecule has 2 aromatic carbocycles. The van der Waals surface area contributed by atoms with Gasteiger partial charge in [0.25, 0.3) is 0 Å². The molecule has 0 aliphatic heterocycles. The molecule has 0 spiro atoms. The van der Waals surface area contributed by atoms with Crippen LogP contribution in [0.1, 0.15) is 12.8 Å². The van der Waals surface area contributed by atoms with Crippen LogP contribution in [0.5, 0.6) is 17.2 Å². The number of rotatable bonds is 8. The molecule has 128 valence electrons. The second-order valence-electron chi connectivity index (χ2n) is 5.02. The molecule has 0 fully saturated rings. The van der Waals surface area contributed by atoms with Gasteiger partial charge >= 0.3 is 0 Å². The van der Waals surface area contributed by atoms with Crippen LogP contribution < -0.4 is 19.5 Å². The number of anilines is 1. The Balaban J connectivity index is 1.80. The lowest BCUT2D eigenvalue weighted by molar-refractivity contribution is -0.116. The highest BCUT2D eigenvalue weighted by Crippen LogP contribution is 2.29. The smallest absolute Gasteiger partial charge is 0.224 e. The summed E-state index contributed by atoms with van der Waals surface area (Å²) in [7, 11) is 3.14. The Bertz CT molecular complexity index is 673. The first kappa shape index (κ1) is 18.1. The van der Waals surface area contributed by atoms with Crippen LogP contribution in [-0.2, 0) is 4.79 Å². The molecule has 2 aromatic rings. The van der Waals surface area contributed by atoms with E-state index in [1.807, 2.05) is 24.3 Å². The van der Waals surface area contributed by atoms with E-state index < -0.39 is 0 Å². The van der Waals surface area contributed by atoms with Gasteiger partial charge in [0, 0.05) is 17.0 Å². The normalized spacial score (nSPS) is 10.1. The average molecular weight is 394 g/mol. The lowest BCUT2D eigenvalue weighted by Crippen LogP contribution is -2.13. The van der Waals surface area contributed by atoms with Crippen molar-refractivity contribution in [3.63, 3.8) is 0 Å². The number of halogens is 1. The second-order valence-corrected chi connectivity index (χ2v) is 5.94. The van der Waals surface area contributed by atoms with Gasteiger partial charge < -0.3 is 19.5 Å². The molecule has 1 N–H and O–H groups in total. The molecule has 2 rings (SSSR count). The minimum atomic E-state index is -0.0963. The summed E-state index contributed by atoms with van der Waals surface area (Å²) in [6.45, 7) is 0.476. The SMILES string of the molecule is COc1ccc(OC)c(NC(=O)CCCOc2ccc(Br)cc2)c1. The van der Waals surface area contributed by atoms with Crippen molar-refractivity contribution in [2.24, 2.45) is 0 Å². The first-order valence-corrected chi connectivity index (χ1v) is 8.32. The summed E-state index contributed by atoms with van der Waals surface area (Å²) in [4.78, 5) is 12.1. The van der Waals surface area contributed by atoms with Crippen molar-refractivity contribution in [3.8, 4) is 17.2 Å². The topological polar surface area (TPSA) is 56.8 Å². The van der Waals surface area contributed by atoms with Gasteiger partial charge in [0.15, 0.2) is 0 Å². The fraction of sp³-hybridized carbons (Fsp3) is 0.278. The molecular weight excluding hydrogens is 374 g/mol. The molecule has 0 atom stereocenters. The molecule has 0 unspecified atom stereocenters. The van der Waals surface area contributed by atoms with Crippen molar-refractivity contribution in [1.82, 2.24) is 0 Å². The summed E-state index contributed by atoms with van der Waals surface area (Å²) >= 11 is 3.37. The highest BCUT2D eigenvalue weighted by atomic mass is 79.9. The van der Waals surface area contributed by atoms with Crippen molar-refractivity contribution in [3.05, 3.63) is 46.9 Å². The van der Waals surface area contributed by atoms with E-state index >= 15 is 0 Å². The third-order valence-corrected chi connectivity index (χ3v) is 3.84. The zero-order chi connectivity index (χ0) is 17.4. The van der Waals surface area contributed by atoms with Crippen LogP contribution in [0.3, 0.4) is 0 Å². The zero-order valence-electron chi connectivity index (χ0n) is 13.7. The van der Waals surface area contributed by atoms with Crippen LogP contribution in [0.25, 0.3) is 0 Å². The van der Waals surface area contributed by atoms with Gasteiger partial charge in [-0.2, -0.15) is 0 Å². The van der Waals surface area contributed by atoms with E-state index in [2.05, 4.69) is 21.2 Å². The number of hydrogen-bond acceptors (Lipinski definition) is 4. The lowest BCUT2D eigenvalue weighted by Gasteiger charge is -2.12. The van der Waals surface area contributed by atoms with Gasteiger partial charge in [0.05, 0.1) is 26.5 Å². The van der Waals surface area contributed by atoms with Gasteiger partial charge in [0.2, 0.25) is 5.91 Å². The molecule has 6 heteroatoms. The largest absolute Gasteiger partial charge is 0.497 e. The average Bonchev–Trinajstić information content (AvgIpc) is 2.60. The summed E-state index contributed by atoms with van der Waals surface area (Å²) in [5.41, 5.74) is 0.593. The van der Waals surface area contributed by atoms with Gasteiger partial charge in [-0.05, 0) is 42.8 Å². The third-order valence-electron chi connectivity index (χ3n) is 3.31. The minimum absolute atomic E-state index is 0.0963. The maximum atomic E-state index is 12.1. The molecular formula is C18H20BrNO4. The highest BCUT2D eigenvalue weighted by Gasteiger charge is 2.09. The van der Waals surface area contributed by atoms with Crippen molar-refractivity contribution < 1.29 is 19.0 Å². The molecule has 1 amide bonds. The highest BCUT2D eigenvalue weighted by molar-refractivity contribution is 9.10. The van der Waals surface area contributed by atoms with Crippen molar-refractivity contribution in [2.45, 2.75) is 12.8 Å². The van der Waals surface area contributed by atoms with E-state index in [1.54, 1.807) is 32.4 Å². The maximum absolute atomic E-state index is 12.1. The lowest BCUT2D eigenvalue weighted by atomic mass is 10.2. The zero-order valence-corrected chi connectivity index (χ0v) is 15.3. The Morgan fingerprint density at radius 1 is 1.04 bits per heavy atom. The van der Waals surface area contributed by atoms with Gasteiger partial charge in [-0.1, -0.05) is 15.9 Å². The summed E-state index contributed by atoms with van der Waals surface area (Å²) in [5, 5.41) is 2.84. The first-order chi connectivity index (χ1) is 11.6. The van der Waals surface area contributed by atoms with Crippen molar-refractivity contribution in [1.29, 1.82) is 0 Å². The van der Waals surface area contributed by atoms with E-state index in [9.17, 15) is 4.79 Å². The quantitative estimate of drug-likeness (QED) is 0.680. The predicted molar refractivity (Wildman–Crippen MR) is 97.0 cm³/mol. The first-order valence-electron chi connectivity index (χ1n) is 7.52. The van der Waals surface area contributed by atoms with Crippen molar-refractivity contribution >= 4 is 27.5 Å². The number of carbonyl (C=O) groups excluding carboxylic acids is 1. The van der Waals surface area contributed by atoms with Crippen LogP contribution >= 0.6 is 15.9 Å². The Labute approximate surface area is 150 Å². The van der Waals surface area contributed by atoms with Crippen LogP contribution in [0.4, 0.5) is 5.69 Å². The minimum Gasteiger partial charge on any atom is -0.497 e. The van der Waals surface area contributed by atoms with E-state index in [0.29, 0.717) is 36.6 Å². The molecule has 0 bridgehead atoms. The molecule has 24 heavy (non-hydrogen) atoms. The Kier molecular flexibility index (Phi) is 6.93. The number of amides is 1. The second kappa shape index (κ2) is 9.17. The number of hydrogen-bond donors (Lipinski definition) is 1. The number of benzene rings is 2. The van der Waals surface area contributed by atoms with Gasteiger partial charge in [-0.15, -0.1) is 0 Å². The van der Waals surface area contributed by atoms with E-state index in [1.165, 1.54) is 0 Å². The monoisotopic (exact) mass is 393 g/mol. The number of ether oxygens (including phenoxy) is 3. The van der Waals surface area contributed by atoms with Gasteiger partial charge in [0.1, 0.15) is 17.2 Å². The summed E-state index contributed by atoms with van der Waals surface area (Å²) in [6.07, 6.45) is 0.977. The molecule has 0 heterocycles. The summed E-state index contributed by atoms with van der Waals surface area (Å²) < 4.78 is 17.0. The summed E-state index contributed by atoms with van der Waals surface area (Å²) in [6, 6.07) is 12.9. The molecule has 0 aromatic heterocycles.